The van der Waals surface area contributed by atoms with Crippen molar-refractivity contribution >= 4 is 29.4 Å². The fourth-order valence-electron chi connectivity index (χ4n) is 3.28. The minimum Gasteiger partial charge on any atom is -0.618 e. The zero-order chi connectivity index (χ0) is 26.3. The van der Waals surface area contributed by atoms with E-state index in [0.29, 0.717) is 11.1 Å². The van der Waals surface area contributed by atoms with Crippen molar-refractivity contribution in [1.82, 2.24) is 15.6 Å². The molecule has 0 atom stereocenters. The molecule has 4 N–H and O–H groups in total. The summed E-state index contributed by atoms with van der Waals surface area (Å²) in [6.07, 6.45) is 0.237. The monoisotopic (exact) mass is 523 g/mol. The topological polar surface area (TPSA) is 130 Å². The lowest BCUT2D eigenvalue weighted by molar-refractivity contribution is -0.624. The first-order valence-electron chi connectivity index (χ1n) is 10.5. The second-order valence-electron chi connectivity index (χ2n) is 7.60. The van der Waals surface area contributed by atoms with Gasteiger partial charge in [0, 0.05) is 37.0 Å². The summed E-state index contributed by atoms with van der Waals surface area (Å²) >= 11 is 6.00. The van der Waals surface area contributed by atoms with Crippen LogP contribution in [0.3, 0.4) is 0 Å². The Balaban J connectivity index is 1.67. The van der Waals surface area contributed by atoms with Gasteiger partial charge in [0.2, 0.25) is 5.91 Å². The van der Waals surface area contributed by atoms with E-state index in [1.54, 1.807) is 24.3 Å². The fourth-order valence-corrected chi connectivity index (χ4v) is 3.47. The largest absolute Gasteiger partial charge is 0.618 e. The number of carboxylic acid groups (broad SMARTS) is 1. The van der Waals surface area contributed by atoms with Crippen LogP contribution in [-0.4, -0.2) is 28.6 Å². The molecule has 0 spiro atoms. The van der Waals surface area contributed by atoms with Gasteiger partial charge in [0.05, 0.1) is 18.0 Å². The summed E-state index contributed by atoms with van der Waals surface area (Å²) in [6, 6.07) is 10.3. The third-order valence-corrected chi connectivity index (χ3v) is 5.43. The first kappa shape index (κ1) is 26.5. The molecule has 0 aliphatic carbocycles. The van der Waals surface area contributed by atoms with Gasteiger partial charge in [-0.25, -0.2) is 14.2 Å². The van der Waals surface area contributed by atoms with Crippen LogP contribution in [0.1, 0.15) is 22.4 Å². The van der Waals surface area contributed by atoms with Crippen LogP contribution in [0.4, 0.5) is 23.8 Å². The molecule has 2 heterocycles. The molecule has 3 rings (SSSR count). The summed E-state index contributed by atoms with van der Waals surface area (Å²) in [7, 11) is 0. The van der Waals surface area contributed by atoms with Crippen molar-refractivity contribution in [1.29, 1.82) is 0 Å². The molecule has 36 heavy (non-hydrogen) atoms. The van der Waals surface area contributed by atoms with Gasteiger partial charge in [-0.15, -0.1) is 0 Å². The molecular weight excluding hydrogens is 503 g/mol. The second kappa shape index (κ2) is 11.6. The number of alkyl halides is 2. The third-order valence-electron chi connectivity index (χ3n) is 5.11. The van der Waals surface area contributed by atoms with Crippen LogP contribution in [0.15, 0.2) is 54.9 Å². The van der Waals surface area contributed by atoms with Crippen molar-refractivity contribution in [3.63, 3.8) is 0 Å². The Hall–Kier alpha value is -4.06. The zero-order valence-corrected chi connectivity index (χ0v) is 19.4. The van der Waals surface area contributed by atoms with E-state index >= 15 is 0 Å². The fraction of sp³-hybridized carbons (Fsp3) is 0.217. The SMILES string of the molecule is O=C(O)NCc1ccccc1CNC(=O)Cc1c(Cl)cnc(NCC(F)(F)c2cccc[n+]2[O-])c1F. The van der Waals surface area contributed by atoms with E-state index in [1.165, 1.54) is 12.1 Å². The highest BCUT2D eigenvalue weighted by molar-refractivity contribution is 6.31. The normalized spacial score (nSPS) is 11.1. The van der Waals surface area contributed by atoms with Gasteiger partial charge < -0.3 is 26.3 Å². The number of pyridine rings is 2. The van der Waals surface area contributed by atoms with Crippen LogP contribution in [-0.2, 0) is 30.2 Å². The summed E-state index contributed by atoms with van der Waals surface area (Å²) in [5, 5.41) is 27.3. The van der Waals surface area contributed by atoms with Crippen LogP contribution in [0.25, 0.3) is 0 Å². The molecule has 0 unspecified atom stereocenters. The molecule has 0 saturated heterocycles. The first-order chi connectivity index (χ1) is 17.1. The average molecular weight is 524 g/mol. The van der Waals surface area contributed by atoms with Crippen molar-refractivity contribution in [2.45, 2.75) is 25.4 Å². The lowest BCUT2D eigenvalue weighted by Crippen LogP contribution is -2.41. The van der Waals surface area contributed by atoms with E-state index in [0.717, 1.165) is 18.5 Å². The summed E-state index contributed by atoms with van der Waals surface area (Å²) < 4.78 is 43.9. The number of nitrogens with one attached hydrogen (secondary N) is 3. The zero-order valence-electron chi connectivity index (χ0n) is 18.6. The number of amides is 2. The maximum atomic E-state index is 15.0. The van der Waals surface area contributed by atoms with Gasteiger partial charge in [-0.1, -0.05) is 35.9 Å². The average Bonchev–Trinajstić information content (AvgIpc) is 2.84. The van der Waals surface area contributed by atoms with Gasteiger partial charge in [-0.3, -0.25) is 4.79 Å². The lowest BCUT2D eigenvalue weighted by Gasteiger charge is -2.17. The molecule has 1 aromatic carbocycles. The maximum Gasteiger partial charge on any atom is 0.404 e. The van der Waals surface area contributed by atoms with Gasteiger partial charge in [0.15, 0.2) is 17.8 Å². The molecule has 0 aliphatic rings. The minimum absolute atomic E-state index is 0.0129. The van der Waals surface area contributed by atoms with Crippen LogP contribution in [0.2, 0.25) is 5.02 Å². The van der Waals surface area contributed by atoms with E-state index in [2.05, 4.69) is 20.9 Å². The molecule has 0 fully saturated rings. The number of benzene rings is 1. The highest BCUT2D eigenvalue weighted by Crippen LogP contribution is 2.28. The molecule has 0 radical (unpaired) electrons. The van der Waals surface area contributed by atoms with E-state index in [4.69, 9.17) is 16.7 Å². The predicted molar refractivity (Wildman–Crippen MR) is 124 cm³/mol. The minimum atomic E-state index is -3.64. The van der Waals surface area contributed by atoms with Crippen molar-refractivity contribution < 1.29 is 32.6 Å². The van der Waals surface area contributed by atoms with Crippen molar-refractivity contribution in [3.05, 3.63) is 93.3 Å². The van der Waals surface area contributed by atoms with Crippen LogP contribution in [0, 0.1) is 11.0 Å². The van der Waals surface area contributed by atoms with Crippen molar-refractivity contribution in [2.75, 3.05) is 11.9 Å². The summed E-state index contributed by atoms with van der Waals surface area (Å²) in [5.74, 6) is -5.89. The van der Waals surface area contributed by atoms with Crippen LogP contribution < -0.4 is 20.7 Å². The van der Waals surface area contributed by atoms with Crippen LogP contribution in [0.5, 0.6) is 0 Å². The number of aromatic nitrogens is 2. The summed E-state index contributed by atoms with van der Waals surface area (Å²) in [5.41, 5.74) is 0.195. The second-order valence-corrected chi connectivity index (χ2v) is 8.01. The Morgan fingerprint density at radius 1 is 1.08 bits per heavy atom. The van der Waals surface area contributed by atoms with Crippen molar-refractivity contribution in [2.24, 2.45) is 0 Å². The smallest absolute Gasteiger partial charge is 0.404 e. The number of rotatable bonds is 10. The van der Waals surface area contributed by atoms with E-state index in [9.17, 15) is 28.0 Å². The molecule has 0 bridgehead atoms. The number of carbonyl (C=O) groups is 2. The van der Waals surface area contributed by atoms with E-state index in [1.807, 2.05) is 0 Å². The maximum absolute atomic E-state index is 15.0. The Morgan fingerprint density at radius 2 is 1.72 bits per heavy atom. The number of nitrogens with zero attached hydrogens (tertiary/aromatic N) is 2. The van der Waals surface area contributed by atoms with E-state index < -0.39 is 48.2 Å². The Morgan fingerprint density at radius 3 is 2.36 bits per heavy atom. The highest BCUT2D eigenvalue weighted by atomic mass is 35.5. The molecule has 0 aliphatic heterocycles. The third kappa shape index (κ3) is 6.75. The molecule has 13 heteroatoms. The Bertz CT molecular complexity index is 1260. The standard InChI is InChI=1S/C23H21ClF3N5O4/c24-17-12-29-21(31-13-23(26,27)18-7-3-4-8-32(18)36)20(25)16(17)9-19(33)28-10-14-5-1-2-6-15(14)11-30-22(34)35/h1-8,12,30H,9-11,13H2,(H,28,33)(H,29,31)(H,34,35). The molecule has 9 nitrogen and oxygen atoms in total. The predicted octanol–water partition coefficient (Wildman–Crippen LogP) is 3.34. The van der Waals surface area contributed by atoms with Crippen molar-refractivity contribution in [3.8, 4) is 0 Å². The lowest BCUT2D eigenvalue weighted by atomic mass is 10.1. The molecule has 0 saturated carbocycles. The molecule has 2 aromatic heterocycles. The highest BCUT2D eigenvalue weighted by Gasteiger charge is 2.39. The molecule has 3 aromatic rings. The molecular formula is C23H21ClF3N5O4. The molecule has 190 valence electrons. The number of hydrogen-bond acceptors (Lipinski definition) is 5. The van der Waals surface area contributed by atoms with E-state index in [-0.39, 0.29) is 28.4 Å². The number of hydrogen-bond donors (Lipinski definition) is 4. The van der Waals surface area contributed by atoms with Crippen LogP contribution >= 0.6 is 11.6 Å². The summed E-state index contributed by atoms with van der Waals surface area (Å²) in [4.78, 5) is 26.9. The Labute approximate surface area is 208 Å². The number of carbonyl (C=O) groups excluding carboxylic acids is 1. The van der Waals surface area contributed by atoms with Gasteiger partial charge in [0.25, 0.3) is 5.69 Å². The Kier molecular flexibility index (Phi) is 8.54. The van der Waals surface area contributed by atoms with Gasteiger partial charge in [0.1, 0.15) is 0 Å². The first-order valence-corrected chi connectivity index (χ1v) is 10.9. The number of halogens is 4. The van der Waals surface area contributed by atoms with Gasteiger partial charge in [-0.2, -0.15) is 13.5 Å². The quantitative estimate of drug-likeness (QED) is 0.238. The summed E-state index contributed by atoms with van der Waals surface area (Å²) in [6.45, 7) is -1.07. The molecule has 2 amide bonds. The van der Waals surface area contributed by atoms with Gasteiger partial charge >= 0.3 is 12.0 Å². The van der Waals surface area contributed by atoms with Gasteiger partial charge in [-0.05, 0) is 17.2 Å². The number of anilines is 1.